The third kappa shape index (κ3) is 4.53. The Morgan fingerprint density at radius 3 is 2.88 bits per heavy atom. The van der Waals surface area contributed by atoms with Gasteiger partial charge in [-0.2, -0.15) is 0 Å². The number of aromatic nitrogens is 5. The highest BCUT2D eigenvalue weighted by atomic mass is 35.5. The molecule has 34 heavy (non-hydrogen) atoms. The molecule has 13 nitrogen and oxygen atoms in total. The number of aliphatic carboxylic acids is 1. The van der Waals surface area contributed by atoms with E-state index in [-0.39, 0.29) is 27.8 Å². The van der Waals surface area contributed by atoms with Crippen molar-refractivity contribution < 1.29 is 24.3 Å². The summed E-state index contributed by atoms with van der Waals surface area (Å²) in [6.07, 6.45) is 0.457. The predicted molar refractivity (Wildman–Crippen MR) is 125 cm³/mol. The second kappa shape index (κ2) is 10.1. The minimum absolute atomic E-state index is 0.00676. The summed E-state index contributed by atoms with van der Waals surface area (Å²) in [5.41, 5.74) is 1.72. The third-order valence-corrected chi connectivity index (χ3v) is 8.24. The molecule has 2 aromatic heterocycles. The van der Waals surface area contributed by atoms with E-state index < -0.39 is 29.2 Å². The summed E-state index contributed by atoms with van der Waals surface area (Å²) in [7, 11) is 1.67. The minimum atomic E-state index is -1.23. The number of carbonyl (C=O) groups is 4. The van der Waals surface area contributed by atoms with E-state index in [4.69, 9.17) is 11.6 Å². The van der Waals surface area contributed by atoms with Crippen molar-refractivity contribution in [1.82, 2.24) is 35.4 Å². The molecule has 1 unspecified atom stereocenters. The number of aryl methyl sites for hydroxylation is 1. The Morgan fingerprint density at radius 2 is 2.24 bits per heavy atom. The van der Waals surface area contributed by atoms with Crippen molar-refractivity contribution in [3.05, 3.63) is 27.9 Å². The topological polar surface area (TPSA) is 172 Å². The summed E-state index contributed by atoms with van der Waals surface area (Å²) in [5, 5.41) is 27.7. The zero-order valence-corrected chi connectivity index (χ0v) is 20.4. The quantitative estimate of drug-likeness (QED) is 0.173. The van der Waals surface area contributed by atoms with Crippen LogP contribution in [-0.4, -0.2) is 82.3 Å². The van der Waals surface area contributed by atoms with Gasteiger partial charge in [0.2, 0.25) is 11.6 Å². The van der Waals surface area contributed by atoms with Crippen LogP contribution in [0.25, 0.3) is 5.57 Å². The number of β-lactam (4-membered cyclic amide) rings is 1. The Morgan fingerprint density at radius 1 is 1.44 bits per heavy atom. The molecule has 0 spiro atoms. The van der Waals surface area contributed by atoms with E-state index in [0.717, 1.165) is 16.9 Å². The van der Waals surface area contributed by atoms with Gasteiger partial charge < -0.3 is 15.7 Å². The highest BCUT2D eigenvalue weighted by Gasteiger charge is 2.54. The molecule has 3 amide bonds. The number of hydrogen-bond donors (Lipinski definition) is 3. The fourth-order valence-corrected chi connectivity index (χ4v) is 6.46. The number of carbonyl (C=O) groups excluding carboxylic acids is 3. The van der Waals surface area contributed by atoms with Gasteiger partial charge >= 0.3 is 5.97 Å². The standard InChI is InChI=1S/C17H15ClN8O5S3/c1-25-17(22-23-24-25)34-4-7-3-32-14-10(13(29)26(14)11(7)15(30)31)21-12(28)8(2-18)9-5-33-16(20-9)19-6-27/h2,5-6,10,14H,3-4H2,1H3,(H,21,28)(H,30,31)(H,19,20,27)/b8-2+/t10?,14-/m1/s1. The number of amides is 3. The van der Waals surface area contributed by atoms with E-state index in [1.54, 1.807) is 7.05 Å². The van der Waals surface area contributed by atoms with E-state index >= 15 is 0 Å². The van der Waals surface area contributed by atoms with Gasteiger partial charge in [0.25, 0.3) is 11.8 Å². The summed E-state index contributed by atoms with van der Waals surface area (Å²) in [4.78, 5) is 53.5. The molecule has 2 aromatic rings. The van der Waals surface area contributed by atoms with Gasteiger partial charge in [0.05, 0.1) is 11.3 Å². The normalized spacial score (nSPS) is 20.0. The summed E-state index contributed by atoms with van der Waals surface area (Å²) >= 11 is 9.53. The molecule has 17 heteroatoms. The van der Waals surface area contributed by atoms with E-state index in [2.05, 4.69) is 31.1 Å². The summed E-state index contributed by atoms with van der Waals surface area (Å²) in [6, 6.07) is -0.929. The smallest absolute Gasteiger partial charge is 0.352 e. The van der Waals surface area contributed by atoms with Crippen LogP contribution in [0.3, 0.4) is 0 Å². The molecule has 178 valence electrons. The zero-order chi connectivity index (χ0) is 24.4. The Bertz CT molecular complexity index is 1230. The molecule has 2 atom stereocenters. The fourth-order valence-electron chi connectivity index (χ4n) is 3.24. The Balaban J connectivity index is 1.47. The van der Waals surface area contributed by atoms with Gasteiger partial charge in [0.1, 0.15) is 17.1 Å². The van der Waals surface area contributed by atoms with Crippen molar-refractivity contribution in [3.63, 3.8) is 0 Å². The number of tetrazole rings is 1. The van der Waals surface area contributed by atoms with Crippen LogP contribution >= 0.6 is 46.5 Å². The number of anilines is 1. The molecule has 0 bridgehead atoms. The van der Waals surface area contributed by atoms with Crippen molar-refractivity contribution in [1.29, 1.82) is 0 Å². The maximum absolute atomic E-state index is 12.9. The number of nitrogens with one attached hydrogen (secondary N) is 2. The molecule has 3 N–H and O–H groups in total. The van der Waals surface area contributed by atoms with Crippen LogP contribution in [0.5, 0.6) is 0 Å². The molecule has 0 saturated carbocycles. The highest BCUT2D eigenvalue weighted by molar-refractivity contribution is 8.01. The third-order valence-electron chi connectivity index (χ3n) is 4.81. The van der Waals surface area contributed by atoms with Gasteiger partial charge in [-0.05, 0) is 16.0 Å². The lowest BCUT2D eigenvalue weighted by atomic mass is 10.0. The molecule has 1 saturated heterocycles. The average Bonchev–Trinajstić information content (AvgIpc) is 3.44. The van der Waals surface area contributed by atoms with Crippen molar-refractivity contribution in [3.8, 4) is 0 Å². The SMILES string of the molecule is Cn1nnnc1SCC1=C(C(=O)O)N2C(=O)C(NC(=O)/C(=C/Cl)c3csc(NC=O)n3)[C@H]2SC1. The monoisotopic (exact) mass is 542 g/mol. The lowest BCUT2D eigenvalue weighted by Gasteiger charge is -2.49. The molecule has 0 aliphatic carbocycles. The number of nitrogens with zero attached hydrogens (tertiary/aromatic N) is 6. The largest absolute Gasteiger partial charge is 0.477 e. The first kappa shape index (κ1) is 24.2. The first-order valence-corrected chi connectivity index (χ1v) is 12.7. The second-order valence-corrected chi connectivity index (χ2v) is 9.94. The van der Waals surface area contributed by atoms with E-state index in [0.29, 0.717) is 22.9 Å². The van der Waals surface area contributed by atoms with Crippen LogP contribution in [0.4, 0.5) is 5.13 Å². The predicted octanol–water partition coefficient (Wildman–Crippen LogP) is 0.345. The lowest BCUT2D eigenvalue weighted by molar-refractivity contribution is -0.150. The second-order valence-electron chi connectivity index (χ2n) is 6.81. The van der Waals surface area contributed by atoms with Crippen LogP contribution in [0.15, 0.2) is 27.3 Å². The van der Waals surface area contributed by atoms with Crippen molar-refractivity contribution in [2.45, 2.75) is 16.6 Å². The van der Waals surface area contributed by atoms with E-state index in [1.807, 2.05) is 0 Å². The van der Waals surface area contributed by atoms with Gasteiger partial charge in [0.15, 0.2) is 5.13 Å². The van der Waals surface area contributed by atoms with Crippen LogP contribution in [0.1, 0.15) is 5.69 Å². The van der Waals surface area contributed by atoms with E-state index in [9.17, 15) is 24.3 Å². The van der Waals surface area contributed by atoms with Crippen LogP contribution in [0.2, 0.25) is 0 Å². The first-order valence-electron chi connectivity index (χ1n) is 9.38. The highest BCUT2D eigenvalue weighted by Crippen LogP contribution is 2.41. The average molecular weight is 543 g/mol. The first-order chi connectivity index (χ1) is 16.3. The summed E-state index contributed by atoms with van der Waals surface area (Å²) in [5.74, 6) is -1.77. The molecule has 4 heterocycles. The van der Waals surface area contributed by atoms with E-state index in [1.165, 1.54) is 38.5 Å². The van der Waals surface area contributed by atoms with Crippen LogP contribution < -0.4 is 10.6 Å². The number of carboxylic acids is 1. The number of thiazole rings is 1. The molecule has 0 aromatic carbocycles. The zero-order valence-electron chi connectivity index (χ0n) is 17.2. The molecule has 0 radical (unpaired) electrons. The molecule has 4 rings (SSSR count). The van der Waals surface area contributed by atoms with Gasteiger partial charge in [-0.25, -0.2) is 14.5 Å². The van der Waals surface area contributed by atoms with Gasteiger partial charge in [-0.1, -0.05) is 23.4 Å². The molecule has 2 aliphatic heterocycles. The Kier molecular flexibility index (Phi) is 7.20. The summed E-state index contributed by atoms with van der Waals surface area (Å²) < 4.78 is 1.47. The van der Waals surface area contributed by atoms with Gasteiger partial charge in [0, 0.05) is 29.5 Å². The molecule has 1 fully saturated rings. The maximum atomic E-state index is 12.9. The molecule has 2 aliphatic rings. The number of rotatable bonds is 9. The van der Waals surface area contributed by atoms with Crippen LogP contribution in [0, 0.1) is 0 Å². The number of fused-ring (bicyclic) bond motifs is 1. The Labute approximate surface area is 209 Å². The number of thioether (sulfide) groups is 2. The minimum Gasteiger partial charge on any atom is -0.477 e. The van der Waals surface area contributed by atoms with Crippen molar-refractivity contribution in [2.24, 2.45) is 7.05 Å². The van der Waals surface area contributed by atoms with Crippen molar-refractivity contribution >= 4 is 81.4 Å². The molecular weight excluding hydrogens is 528 g/mol. The lowest BCUT2D eigenvalue weighted by Crippen LogP contribution is -2.70. The van der Waals surface area contributed by atoms with Crippen LogP contribution in [-0.2, 0) is 26.2 Å². The summed E-state index contributed by atoms with van der Waals surface area (Å²) in [6.45, 7) is 0. The fraction of sp³-hybridized carbons (Fsp3) is 0.294. The van der Waals surface area contributed by atoms with Crippen molar-refractivity contribution in [2.75, 3.05) is 16.8 Å². The number of hydrogen-bond acceptors (Lipinski definition) is 11. The van der Waals surface area contributed by atoms with Gasteiger partial charge in [-0.3, -0.25) is 19.3 Å². The number of carboxylic acid groups (broad SMARTS) is 1. The molecular formula is C17H15ClN8O5S3. The Hall–Kier alpha value is -2.95. The number of halogens is 1. The maximum Gasteiger partial charge on any atom is 0.352 e. The van der Waals surface area contributed by atoms with Gasteiger partial charge in [-0.15, -0.1) is 28.2 Å².